The Morgan fingerprint density at radius 2 is 1.47 bits per heavy atom. The van der Waals surface area contributed by atoms with Gasteiger partial charge < -0.3 is 18.0 Å². The van der Waals surface area contributed by atoms with Gasteiger partial charge in [0.25, 0.3) is 0 Å². The van der Waals surface area contributed by atoms with Gasteiger partial charge in [0.15, 0.2) is 0 Å². The molecule has 1 rings (SSSR count). The first-order chi connectivity index (χ1) is 9.13. The number of aryl methyl sites for hydroxylation is 1. The topological polar surface area (TPSA) is 36.9 Å². The van der Waals surface area contributed by atoms with Crippen molar-refractivity contribution in [2.75, 3.05) is 26.9 Å². The van der Waals surface area contributed by atoms with Gasteiger partial charge in [0, 0.05) is 19.8 Å². The van der Waals surface area contributed by atoms with Crippen LogP contribution in [0.5, 0.6) is 5.75 Å². The summed E-state index contributed by atoms with van der Waals surface area (Å²) in [6.45, 7) is 9.49. The van der Waals surface area contributed by atoms with Crippen molar-refractivity contribution in [1.29, 1.82) is 0 Å². The van der Waals surface area contributed by atoms with E-state index in [-0.39, 0.29) is 0 Å². The lowest BCUT2D eigenvalue weighted by atomic mass is 10.2. The standard InChI is InChI=1S/C14H24O4Si/c1-6-16-19(17-7-2,18-8-3)14-10-9-12(4)11-13(14)15-5/h9-11H,6-8H2,1-5H3. The van der Waals surface area contributed by atoms with E-state index in [2.05, 4.69) is 0 Å². The second-order valence-corrected chi connectivity index (χ2v) is 6.58. The summed E-state index contributed by atoms with van der Waals surface area (Å²) in [5.41, 5.74) is 1.13. The number of methoxy groups -OCH3 is 1. The van der Waals surface area contributed by atoms with Crippen molar-refractivity contribution in [3.05, 3.63) is 23.8 Å². The Hall–Kier alpha value is -0.883. The molecule has 0 heterocycles. The van der Waals surface area contributed by atoms with Crippen LogP contribution < -0.4 is 9.92 Å². The molecule has 0 aliphatic carbocycles. The summed E-state index contributed by atoms with van der Waals surface area (Å²) in [7, 11) is -1.23. The Labute approximate surface area is 117 Å². The molecule has 0 fully saturated rings. The third kappa shape index (κ3) is 3.79. The summed E-state index contributed by atoms with van der Waals surface area (Å²) in [4.78, 5) is 0. The molecule has 0 N–H and O–H groups in total. The van der Waals surface area contributed by atoms with Gasteiger partial charge in [-0.3, -0.25) is 0 Å². The van der Waals surface area contributed by atoms with Crippen LogP contribution >= 0.6 is 0 Å². The van der Waals surface area contributed by atoms with E-state index in [9.17, 15) is 0 Å². The van der Waals surface area contributed by atoms with Gasteiger partial charge in [-0.05, 0) is 39.3 Å². The fraction of sp³-hybridized carbons (Fsp3) is 0.571. The summed E-state index contributed by atoms with van der Waals surface area (Å²) in [5.74, 6) is 0.766. The number of rotatable bonds is 8. The number of ether oxygens (including phenoxy) is 1. The van der Waals surface area contributed by atoms with Crippen molar-refractivity contribution < 1.29 is 18.0 Å². The summed E-state index contributed by atoms with van der Waals surface area (Å²) in [6.07, 6.45) is 0. The first-order valence-electron chi connectivity index (χ1n) is 6.70. The molecule has 108 valence electrons. The Morgan fingerprint density at radius 3 is 1.89 bits per heavy atom. The third-order valence-electron chi connectivity index (χ3n) is 2.69. The molecule has 0 bridgehead atoms. The molecule has 0 unspecified atom stereocenters. The second kappa shape index (κ2) is 7.64. The van der Waals surface area contributed by atoms with Gasteiger partial charge in [0.1, 0.15) is 5.75 Å². The van der Waals surface area contributed by atoms with E-state index in [1.165, 1.54) is 0 Å². The van der Waals surface area contributed by atoms with E-state index < -0.39 is 8.80 Å². The number of benzene rings is 1. The molecular weight excluding hydrogens is 260 g/mol. The predicted molar refractivity (Wildman–Crippen MR) is 78.0 cm³/mol. The zero-order valence-corrected chi connectivity index (χ0v) is 13.5. The maximum absolute atomic E-state index is 5.89. The van der Waals surface area contributed by atoms with Gasteiger partial charge in [-0.2, -0.15) is 0 Å². The average molecular weight is 284 g/mol. The molecule has 19 heavy (non-hydrogen) atoms. The number of hydrogen-bond donors (Lipinski definition) is 0. The van der Waals surface area contributed by atoms with Gasteiger partial charge in [-0.1, -0.05) is 12.1 Å². The SMILES string of the molecule is CCO[Si](OCC)(OCC)c1ccc(C)cc1OC. The molecule has 5 heteroatoms. The normalized spacial score (nSPS) is 11.6. The van der Waals surface area contributed by atoms with Crippen molar-refractivity contribution in [2.24, 2.45) is 0 Å². The number of hydrogen-bond acceptors (Lipinski definition) is 4. The molecule has 0 spiro atoms. The molecule has 0 aliphatic rings. The zero-order valence-electron chi connectivity index (χ0n) is 12.5. The van der Waals surface area contributed by atoms with Crippen LogP contribution in [0.3, 0.4) is 0 Å². The Kier molecular flexibility index (Phi) is 6.51. The molecular formula is C14H24O4Si. The highest BCUT2D eigenvalue weighted by Crippen LogP contribution is 2.19. The first kappa shape index (κ1) is 16.2. The van der Waals surface area contributed by atoms with E-state index in [0.717, 1.165) is 16.5 Å². The lowest BCUT2D eigenvalue weighted by molar-refractivity contribution is 0.0854. The van der Waals surface area contributed by atoms with E-state index in [0.29, 0.717) is 19.8 Å². The molecule has 0 saturated carbocycles. The van der Waals surface area contributed by atoms with Crippen molar-refractivity contribution in [3.8, 4) is 5.75 Å². The zero-order chi connectivity index (χ0) is 14.3. The smallest absolute Gasteiger partial charge is 0.497 e. The third-order valence-corrected chi connectivity index (χ3v) is 5.77. The van der Waals surface area contributed by atoms with Crippen LogP contribution in [-0.4, -0.2) is 35.7 Å². The largest absolute Gasteiger partial charge is 0.541 e. The van der Waals surface area contributed by atoms with Crippen molar-refractivity contribution >= 4 is 14.0 Å². The van der Waals surface area contributed by atoms with Crippen LogP contribution in [0.2, 0.25) is 0 Å². The van der Waals surface area contributed by atoms with Gasteiger partial charge in [0.05, 0.1) is 12.3 Å². The van der Waals surface area contributed by atoms with Gasteiger partial charge in [-0.15, -0.1) is 0 Å². The van der Waals surface area contributed by atoms with Gasteiger partial charge in [-0.25, -0.2) is 0 Å². The average Bonchev–Trinajstić information content (AvgIpc) is 2.39. The highest BCUT2D eigenvalue weighted by atomic mass is 28.4. The van der Waals surface area contributed by atoms with Crippen molar-refractivity contribution in [2.45, 2.75) is 27.7 Å². The lowest BCUT2D eigenvalue weighted by Gasteiger charge is -2.29. The van der Waals surface area contributed by atoms with Crippen LogP contribution in [0.1, 0.15) is 26.3 Å². The van der Waals surface area contributed by atoms with Crippen LogP contribution in [0.25, 0.3) is 0 Å². The highest BCUT2D eigenvalue weighted by Gasteiger charge is 2.45. The summed E-state index contributed by atoms with van der Waals surface area (Å²) < 4.78 is 23.1. The second-order valence-electron chi connectivity index (χ2n) is 4.06. The molecule has 0 radical (unpaired) electrons. The van der Waals surface area contributed by atoms with Crippen LogP contribution in [0.15, 0.2) is 18.2 Å². The molecule has 0 amide bonds. The van der Waals surface area contributed by atoms with Crippen molar-refractivity contribution in [3.63, 3.8) is 0 Å². The lowest BCUT2D eigenvalue weighted by Crippen LogP contribution is -2.57. The van der Waals surface area contributed by atoms with Crippen LogP contribution in [-0.2, 0) is 13.3 Å². The molecule has 0 saturated heterocycles. The van der Waals surface area contributed by atoms with E-state index >= 15 is 0 Å². The highest BCUT2D eigenvalue weighted by molar-refractivity contribution is 6.76. The molecule has 4 nitrogen and oxygen atoms in total. The first-order valence-corrected chi connectivity index (χ1v) is 8.42. The fourth-order valence-electron chi connectivity index (χ4n) is 1.98. The monoisotopic (exact) mass is 284 g/mol. The molecule has 0 aliphatic heterocycles. The Balaban J connectivity index is 3.28. The van der Waals surface area contributed by atoms with Crippen LogP contribution in [0.4, 0.5) is 0 Å². The predicted octanol–water partition coefficient (Wildman–Crippen LogP) is 2.26. The summed E-state index contributed by atoms with van der Waals surface area (Å²) in [6, 6.07) is 5.99. The quantitative estimate of drug-likeness (QED) is 0.686. The van der Waals surface area contributed by atoms with E-state index in [4.69, 9.17) is 18.0 Å². The fourth-order valence-corrected chi connectivity index (χ4v) is 4.60. The van der Waals surface area contributed by atoms with Crippen LogP contribution in [0, 0.1) is 6.92 Å². The van der Waals surface area contributed by atoms with E-state index in [1.54, 1.807) is 7.11 Å². The Bertz CT molecular complexity index is 378. The van der Waals surface area contributed by atoms with E-state index in [1.807, 2.05) is 45.9 Å². The Morgan fingerprint density at radius 1 is 0.947 bits per heavy atom. The van der Waals surface area contributed by atoms with Crippen molar-refractivity contribution in [1.82, 2.24) is 0 Å². The molecule has 0 atom stereocenters. The maximum atomic E-state index is 5.89. The molecule has 1 aromatic carbocycles. The minimum Gasteiger partial charge on any atom is -0.497 e. The summed E-state index contributed by atoms with van der Waals surface area (Å²) in [5, 5.41) is 0.895. The molecule has 0 aromatic heterocycles. The minimum atomic E-state index is -2.89. The molecule has 1 aromatic rings. The summed E-state index contributed by atoms with van der Waals surface area (Å²) >= 11 is 0. The maximum Gasteiger partial charge on any atom is 0.541 e. The minimum absolute atomic E-state index is 0.545. The van der Waals surface area contributed by atoms with Gasteiger partial charge in [0.2, 0.25) is 0 Å². The van der Waals surface area contributed by atoms with Gasteiger partial charge >= 0.3 is 8.80 Å².